The second-order valence-corrected chi connectivity index (χ2v) is 7.05. The van der Waals surface area contributed by atoms with Crippen LogP contribution < -0.4 is 5.32 Å². The van der Waals surface area contributed by atoms with E-state index in [4.69, 9.17) is 4.74 Å². The van der Waals surface area contributed by atoms with E-state index >= 15 is 0 Å². The fraction of sp³-hybridized carbons (Fsp3) is 0.400. The minimum Gasteiger partial charge on any atom is -0.388 e. The van der Waals surface area contributed by atoms with Crippen LogP contribution in [-0.4, -0.2) is 59.3 Å². The van der Waals surface area contributed by atoms with Crippen LogP contribution in [0.15, 0.2) is 48.5 Å². The normalized spacial score (nSPS) is 27.8. The highest BCUT2D eigenvalue weighted by atomic mass is 16.5. The second-order valence-electron chi connectivity index (χ2n) is 7.05. The van der Waals surface area contributed by atoms with Crippen LogP contribution >= 0.6 is 0 Å². The molecule has 4 rings (SSSR count). The quantitative estimate of drug-likeness (QED) is 0.881. The number of carbonyl (C=O) groups is 1. The summed E-state index contributed by atoms with van der Waals surface area (Å²) in [6.45, 7) is 1.23. The molecule has 1 amide bonds. The van der Waals surface area contributed by atoms with E-state index in [1.54, 1.807) is 24.1 Å². The van der Waals surface area contributed by atoms with Crippen molar-refractivity contribution in [3.8, 4) is 0 Å². The van der Waals surface area contributed by atoms with Gasteiger partial charge in [0.25, 0.3) is 5.91 Å². The van der Waals surface area contributed by atoms with Crippen molar-refractivity contribution in [1.29, 1.82) is 0 Å². The van der Waals surface area contributed by atoms with Gasteiger partial charge in [0, 0.05) is 19.5 Å². The first-order valence-electron chi connectivity index (χ1n) is 8.92. The molecule has 2 aromatic rings. The Morgan fingerprint density at radius 1 is 1.27 bits per heavy atom. The topological polar surface area (TPSA) is 74.7 Å². The molecule has 1 aromatic heterocycles. The summed E-state index contributed by atoms with van der Waals surface area (Å²) in [5.74, 6) is 0.711. The zero-order valence-electron chi connectivity index (χ0n) is 14.8. The van der Waals surface area contributed by atoms with Crippen LogP contribution in [0, 0.1) is 0 Å². The van der Waals surface area contributed by atoms with Gasteiger partial charge in [0.15, 0.2) is 0 Å². The molecule has 6 nitrogen and oxygen atoms in total. The third-order valence-electron chi connectivity index (χ3n) is 5.41. The fourth-order valence-electron chi connectivity index (χ4n) is 3.96. The standard InChI is InChI=1S/C20H23N3O3/c1-21-18-9-5-8-16(22-18)19(25)23-11-17(24)20(13-23)10-15(12-26-20)14-6-3-2-4-7-14/h2-9,15,17,24H,10-13H2,1H3,(H,21,22)/t15-,17-,20-/m1/s1. The molecule has 136 valence electrons. The predicted octanol–water partition coefficient (Wildman–Crippen LogP) is 1.88. The minimum atomic E-state index is -0.687. The molecule has 3 atom stereocenters. The number of likely N-dealkylation sites (tertiary alicyclic amines) is 1. The maximum absolute atomic E-state index is 12.8. The SMILES string of the molecule is CNc1cccc(C(=O)N2C[C@@H](O)[C@@]3(C[C@@H](c4ccccc4)CO3)C2)n1. The molecule has 2 saturated heterocycles. The van der Waals surface area contributed by atoms with Gasteiger partial charge in [-0.1, -0.05) is 36.4 Å². The Morgan fingerprint density at radius 3 is 2.85 bits per heavy atom. The molecule has 2 fully saturated rings. The lowest BCUT2D eigenvalue weighted by atomic mass is 9.87. The zero-order valence-corrected chi connectivity index (χ0v) is 14.8. The minimum absolute atomic E-state index is 0.176. The van der Waals surface area contributed by atoms with Crippen molar-refractivity contribution in [2.24, 2.45) is 0 Å². The van der Waals surface area contributed by atoms with Crippen molar-refractivity contribution < 1.29 is 14.6 Å². The molecule has 2 aliphatic rings. The summed E-state index contributed by atoms with van der Waals surface area (Å²) in [6.07, 6.45) is 0.0269. The third-order valence-corrected chi connectivity index (χ3v) is 5.41. The van der Waals surface area contributed by atoms with Crippen molar-refractivity contribution in [3.63, 3.8) is 0 Å². The van der Waals surface area contributed by atoms with Crippen LogP contribution in [0.4, 0.5) is 5.82 Å². The van der Waals surface area contributed by atoms with Crippen molar-refractivity contribution in [1.82, 2.24) is 9.88 Å². The number of aliphatic hydroxyl groups is 1. The first kappa shape index (κ1) is 17.0. The first-order valence-corrected chi connectivity index (χ1v) is 8.92. The van der Waals surface area contributed by atoms with Crippen LogP contribution in [0.3, 0.4) is 0 Å². The largest absolute Gasteiger partial charge is 0.388 e. The monoisotopic (exact) mass is 353 g/mol. The van der Waals surface area contributed by atoms with E-state index in [1.807, 2.05) is 24.3 Å². The second kappa shape index (κ2) is 6.70. The summed E-state index contributed by atoms with van der Waals surface area (Å²) < 4.78 is 6.07. The lowest BCUT2D eigenvalue weighted by Gasteiger charge is -2.26. The number of aromatic nitrogens is 1. The third kappa shape index (κ3) is 2.95. The predicted molar refractivity (Wildman–Crippen MR) is 98.2 cm³/mol. The molecule has 0 saturated carbocycles. The summed E-state index contributed by atoms with van der Waals surface area (Å²) in [6, 6.07) is 15.5. The molecule has 3 heterocycles. The average molecular weight is 353 g/mol. The summed E-state index contributed by atoms with van der Waals surface area (Å²) in [5, 5.41) is 13.6. The Morgan fingerprint density at radius 2 is 2.08 bits per heavy atom. The van der Waals surface area contributed by atoms with Gasteiger partial charge in [-0.2, -0.15) is 0 Å². The highest BCUT2D eigenvalue weighted by molar-refractivity contribution is 5.93. The number of aliphatic hydroxyl groups excluding tert-OH is 1. The van der Waals surface area contributed by atoms with Gasteiger partial charge >= 0.3 is 0 Å². The molecular formula is C20H23N3O3. The van der Waals surface area contributed by atoms with Crippen molar-refractivity contribution >= 4 is 11.7 Å². The summed E-state index contributed by atoms with van der Waals surface area (Å²) >= 11 is 0. The molecule has 2 aliphatic heterocycles. The molecule has 6 heteroatoms. The Hall–Kier alpha value is -2.44. The number of ether oxygens (including phenoxy) is 1. The molecule has 26 heavy (non-hydrogen) atoms. The molecule has 0 aliphatic carbocycles. The van der Waals surface area contributed by atoms with Gasteiger partial charge < -0.3 is 20.1 Å². The molecule has 1 aromatic carbocycles. The number of carbonyl (C=O) groups excluding carboxylic acids is 1. The maximum Gasteiger partial charge on any atom is 0.272 e. The summed E-state index contributed by atoms with van der Waals surface area (Å²) in [4.78, 5) is 18.8. The van der Waals surface area contributed by atoms with E-state index in [0.29, 0.717) is 31.1 Å². The van der Waals surface area contributed by atoms with E-state index in [-0.39, 0.29) is 18.4 Å². The van der Waals surface area contributed by atoms with Crippen LogP contribution in [0.1, 0.15) is 28.4 Å². The molecule has 0 radical (unpaired) electrons. The van der Waals surface area contributed by atoms with Crippen LogP contribution in [-0.2, 0) is 4.74 Å². The van der Waals surface area contributed by atoms with Crippen LogP contribution in [0.25, 0.3) is 0 Å². The van der Waals surface area contributed by atoms with Crippen LogP contribution in [0.2, 0.25) is 0 Å². The van der Waals surface area contributed by atoms with Gasteiger partial charge in [-0.3, -0.25) is 4.79 Å². The fourth-order valence-corrected chi connectivity index (χ4v) is 3.96. The zero-order chi connectivity index (χ0) is 18.1. The van der Waals surface area contributed by atoms with E-state index in [1.165, 1.54) is 5.56 Å². The molecule has 0 unspecified atom stereocenters. The van der Waals surface area contributed by atoms with Gasteiger partial charge in [0.1, 0.15) is 23.2 Å². The molecular weight excluding hydrogens is 330 g/mol. The Labute approximate surface area is 152 Å². The van der Waals surface area contributed by atoms with Crippen LogP contribution in [0.5, 0.6) is 0 Å². The van der Waals surface area contributed by atoms with Crippen molar-refractivity contribution in [2.75, 3.05) is 32.1 Å². The van der Waals surface area contributed by atoms with E-state index in [9.17, 15) is 9.90 Å². The summed E-state index contributed by atoms with van der Waals surface area (Å²) in [5.41, 5.74) is 0.903. The highest BCUT2D eigenvalue weighted by Crippen LogP contribution is 2.42. The number of rotatable bonds is 3. The molecule has 2 N–H and O–H groups in total. The van der Waals surface area contributed by atoms with E-state index in [2.05, 4.69) is 22.4 Å². The van der Waals surface area contributed by atoms with Gasteiger partial charge in [0.05, 0.1) is 13.2 Å². The van der Waals surface area contributed by atoms with Crippen molar-refractivity contribution in [2.45, 2.75) is 24.0 Å². The number of β-amino-alcohol motifs (C(OH)–C–C–N with tert-alkyl or cyclic N) is 1. The molecule has 1 spiro atoms. The summed E-state index contributed by atoms with van der Waals surface area (Å²) in [7, 11) is 1.77. The number of hydrogen-bond acceptors (Lipinski definition) is 5. The van der Waals surface area contributed by atoms with Gasteiger partial charge in [-0.25, -0.2) is 4.98 Å². The Balaban J connectivity index is 1.50. The first-order chi connectivity index (χ1) is 12.6. The highest BCUT2D eigenvalue weighted by Gasteiger charge is 2.53. The van der Waals surface area contributed by atoms with Gasteiger partial charge in [-0.05, 0) is 24.1 Å². The number of hydrogen-bond donors (Lipinski definition) is 2. The number of nitrogens with one attached hydrogen (secondary N) is 1. The van der Waals surface area contributed by atoms with E-state index < -0.39 is 11.7 Å². The average Bonchev–Trinajstić information content (AvgIpc) is 3.26. The Kier molecular flexibility index (Phi) is 4.38. The van der Waals surface area contributed by atoms with Gasteiger partial charge in [0.2, 0.25) is 0 Å². The number of amides is 1. The smallest absolute Gasteiger partial charge is 0.272 e. The lowest BCUT2D eigenvalue weighted by molar-refractivity contribution is -0.0591. The maximum atomic E-state index is 12.8. The number of nitrogens with zero attached hydrogens (tertiary/aromatic N) is 2. The van der Waals surface area contributed by atoms with E-state index in [0.717, 1.165) is 0 Å². The lowest BCUT2D eigenvalue weighted by Crippen LogP contribution is -2.41. The number of anilines is 1. The Bertz CT molecular complexity index is 798. The van der Waals surface area contributed by atoms with Gasteiger partial charge in [-0.15, -0.1) is 0 Å². The molecule has 0 bridgehead atoms. The van der Waals surface area contributed by atoms with Crippen molar-refractivity contribution in [3.05, 3.63) is 59.8 Å². The number of pyridine rings is 1. The number of benzene rings is 1.